The Kier molecular flexibility index (Phi) is 4.96. The van der Waals surface area contributed by atoms with E-state index in [1.807, 2.05) is 0 Å². The number of benzene rings is 1. The van der Waals surface area contributed by atoms with Gasteiger partial charge in [0.2, 0.25) is 12.1 Å². The van der Waals surface area contributed by atoms with Crippen molar-refractivity contribution in [1.29, 1.82) is 0 Å². The molecule has 1 N–H and O–H groups in total. The van der Waals surface area contributed by atoms with Crippen LogP contribution in [0.2, 0.25) is 0 Å². The molecule has 1 aliphatic heterocycles. The van der Waals surface area contributed by atoms with E-state index in [-0.39, 0.29) is 37.3 Å². The maximum absolute atomic E-state index is 13.8. The third-order valence-electron chi connectivity index (χ3n) is 4.82. The molecule has 1 saturated heterocycles. The quantitative estimate of drug-likeness (QED) is 0.540. The molecule has 0 saturated carbocycles. The Labute approximate surface area is 165 Å². The van der Waals surface area contributed by atoms with Gasteiger partial charge in [-0.05, 0) is 24.6 Å². The van der Waals surface area contributed by atoms with Crippen LogP contribution in [0.5, 0.6) is 0 Å². The molecule has 0 spiro atoms. The summed E-state index contributed by atoms with van der Waals surface area (Å²) in [6.45, 7) is 0.432. The maximum Gasteiger partial charge on any atom is 0.278 e. The maximum atomic E-state index is 13.8. The van der Waals surface area contributed by atoms with Gasteiger partial charge in [0.15, 0.2) is 17.7 Å². The zero-order chi connectivity index (χ0) is 20.4. The Morgan fingerprint density at radius 1 is 1.10 bits per heavy atom. The first-order valence-electron chi connectivity index (χ1n) is 9.31. The molecule has 3 heterocycles. The zero-order valence-electron chi connectivity index (χ0n) is 15.5. The summed E-state index contributed by atoms with van der Waals surface area (Å²) >= 11 is 0. The summed E-state index contributed by atoms with van der Waals surface area (Å²) < 4.78 is 28.2. The normalized spacial score (nSPS) is 16.4. The Bertz CT molecular complexity index is 1060. The van der Waals surface area contributed by atoms with E-state index in [4.69, 9.17) is 0 Å². The van der Waals surface area contributed by atoms with Crippen molar-refractivity contribution in [3.8, 4) is 0 Å². The number of hydrogen-bond donors (Lipinski definition) is 1. The fraction of sp³-hybridized carbons (Fsp3) is 0.300. The Morgan fingerprint density at radius 2 is 1.86 bits per heavy atom. The lowest BCUT2D eigenvalue weighted by molar-refractivity contribution is -0.604. The van der Waals surface area contributed by atoms with Crippen molar-refractivity contribution in [1.82, 2.24) is 9.97 Å². The van der Waals surface area contributed by atoms with Gasteiger partial charge >= 0.3 is 0 Å². The smallest absolute Gasteiger partial charge is 0.278 e. The summed E-state index contributed by atoms with van der Waals surface area (Å²) in [5.74, 6) is -3.02. The molecular formula is C20H19F2N5O2. The van der Waals surface area contributed by atoms with Crippen molar-refractivity contribution >= 4 is 28.4 Å². The molecule has 0 radical (unpaired) electrons. The summed E-state index contributed by atoms with van der Waals surface area (Å²) in [7, 11) is 0. The molecule has 1 aromatic carbocycles. The number of amides is 1. The van der Waals surface area contributed by atoms with Crippen LogP contribution in [0.3, 0.4) is 0 Å². The largest absolute Gasteiger partial charge is 0.619 e. The van der Waals surface area contributed by atoms with E-state index in [1.54, 1.807) is 35.2 Å². The average molecular weight is 399 g/mol. The van der Waals surface area contributed by atoms with Crippen LogP contribution in [0.4, 0.5) is 20.3 Å². The number of para-hydroxylation sites is 2. The number of hydrogen-bond acceptors (Lipinski definition) is 5. The molecule has 0 bridgehead atoms. The topological polar surface area (TPSA) is 85.1 Å². The number of nitrogens with zero attached hydrogens (tertiary/aromatic N) is 4. The molecular weight excluding hydrogens is 380 g/mol. The Balaban J connectivity index is 1.73. The molecule has 1 amide bonds. The number of anilines is 2. The van der Waals surface area contributed by atoms with Gasteiger partial charge in [-0.1, -0.05) is 12.1 Å². The van der Waals surface area contributed by atoms with Gasteiger partial charge < -0.3 is 15.4 Å². The SMILES string of the molecule is O=C(Nc1ccc[n+]([O-])c1)c1nc2ccccc2nc1N1CCCC(F)(F)CC1. The molecule has 1 fully saturated rings. The lowest BCUT2D eigenvalue weighted by Crippen LogP contribution is -2.30. The van der Waals surface area contributed by atoms with Crippen molar-refractivity contribution in [3.05, 3.63) is 59.7 Å². The number of rotatable bonds is 3. The molecule has 0 unspecified atom stereocenters. The van der Waals surface area contributed by atoms with Gasteiger partial charge in [0.1, 0.15) is 5.69 Å². The van der Waals surface area contributed by atoms with Crippen LogP contribution in [0.1, 0.15) is 29.8 Å². The summed E-state index contributed by atoms with van der Waals surface area (Å²) in [5.41, 5.74) is 1.44. The molecule has 150 valence electrons. The number of aromatic nitrogens is 3. The molecule has 0 aliphatic carbocycles. The first-order valence-corrected chi connectivity index (χ1v) is 9.31. The average Bonchev–Trinajstić information content (AvgIpc) is 2.87. The van der Waals surface area contributed by atoms with Crippen LogP contribution >= 0.6 is 0 Å². The second-order valence-corrected chi connectivity index (χ2v) is 6.99. The van der Waals surface area contributed by atoms with Crippen molar-refractivity contribution < 1.29 is 18.3 Å². The van der Waals surface area contributed by atoms with Gasteiger partial charge in [-0.2, -0.15) is 4.73 Å². The van der Waals surface area contributed by atoms with Crippen LogP contribution < -0.4 is 14.9 Å². The van der Waals surface area contributed by atoms with Crippen LogP contribution in [-0.2, 0) is 0 Å². The van der Waals surface area contributed by atoms with Gasteiger partial charge in [0.25, 0.3) is 5.91 Å². The van der Waals surface area contributed by atoms with E-state index in [1.165, 1.54) is 18.5 Å². The number of pyridine rings is 1. The monoisotopic (exact) mass is 399 g/mol. The fourth-order valence-corrected chi connectivity index (χ4v) is 3.36. The molecule has 29 heavy (non-hydrogen) atoms. The van der Waals surface area contributed by atoms with E-state index in [2.05, 4.69) is 15.3 Å². The van der Waals surface area contributed by atoms with Crippen molar-refractivity contribution in [2.24, 2.45) is 0 Å². The number of halogens is 2. The van der Waals surface area contributed by atoms with Crippen LogP contribution in [-0.4, -0.2) is 34.9 Å². The van der Waals surface area contributed by atoms with E-state index in [9.17, 15) is 18.8 Å². The summed E-state index contributed by atoms with van der Waals surface area (Å²) in [6.07, 6.45) is 2.31. The molecule has 2 aromatic heterocycles. The second-order valence-electron chi connectivity index (χ2n) is 6.99. The van der Waals surface area contributed by atoms with Gasteiger partial charge in [-0.3, -0.25) is 4.79 Å². The number of fused-ring (bicyclic) bond motifs is 1. The van der Waals surface area contributed by atoms with Crippen molar-refractivity contribution in [2.45, 2.75) is 25.2 Å². The van der Waals surface area contributed by atoms with E-state index >= 15 is 0 Å². The standard InChI is InChI=1S/C20H19F2N5O2/c21-20(22)8-4-10-26(12-9-20)18-17(24-15-6-1-2-7-16(15)25-18)19(28)23-14-5-3-11-27(29)13-14/h1-3,5-7,11,13H,4,8-10,12H2,(H,23,28). The first kappa shape index (κ1) is 19.0. The van der Waals surface area contributed by atoms with Gasteiger partial charge in [0.05, 0.1) is 11.0 Å². The predicted molar refractivity (Wildman–Crippen MR) is 104 cm³/mol. The van der Waals surface area contributed by atoms with Crippen LogP contribution in [0.25, 0.3) is 11.0 Å². The highest BCUT2D eigenvalue weighted by molar-refractivity contribution is 6.07. The highest BCUT2D eigenvalue weighted by Crippen LogP contribution is 2.31. The summed E-state index contributed by atoms with van der Waals surface area (Å²) in [5, 5.41) is 14.1. The highest BCUT2D eigenvalue weighted by atomic mass is 19.3. The Morgan fingerprint density at radius 3 is 2.62 bits per heavy atom. The fourth-order valence-electron chi connectivity index (χ4n) is 3.36. The van der Waals surface area contributed by atoms with E-state index in [0.29, 0.717) is 28.0 Å². The van der Waals surface area contributed by atoms with Crippen LogP contribution in [0.15, 0.2) is 48.8 Å². The van der Waals surface area contributed by atoms with Gasteiger partial charge in [-0.25, -0.2) is 18.7 Å². The van der Waals surface area contributed by atoms with Crippen molar-refractivity contribution in [2.75, 3.05) is 23.3 Å². The molecule has 7 nitrogen and oxygen atoms in total. The third kappa shape index (κ3) is 4.23. The minimum Gasteiger partial charge on any atom is -0.619 e. The number of carbonyl (C=O) groups excluding carboxylic acids is 1. The second kappa shape index (κ2) is 7.57. The molecule has 1 aliphatic rings. The number of nitrogens with one attached hydrogen (secondary N) is 1. The highest BCUT2D eigenvalue weighted by Gasteiger charge is 2.33. The minimum absolute atomic E-state index is 0.0372. The third-order valence-corrected chi connectivity index (χ3v) is 4.82. The molecule has 0 atom stereocenters. The van der Waals surface area contributed by atoms with E-state index in [0.717, 1.165) is 0 Å². The van der Waals surface area contributed by atoms with Gasteiger partial charge in [0, 0.05) is 32.0 Å². The lowest BCUT2D eigenvalue weighted by Gasteiger charge is -2.23. The summed E-state index contributed by atoms with van der Waals surface area (Å²) in [6, 6.07) is 10.2. The minimum atomic E-state index is -2.73. The Hall–Kier alpha value is -3.36. The van der Waals surface area contributed by atoms with Crippen molar-refractivity contribution in [3.63, 3.8) is 0 Å². The molecule has 4 rings (SSSR count). The first-order chi connectivity index (χ1) is 13.9. The summed E-state index contributed by atoms with van der Waals surface area (Å²) in [4.78, 5) is 23.6. The lowest BCUT2D eigenvalue weighted by atomic mass is 10.1. The zero-order valence-corrected chi connectivity index (χ0v) is 15.5. The molecule has 3 aromatic rings. The van der Waals surface area contributed by atoms with E-state index < -0.39 is 11.8 Å². The number of alkyl halides is 2. The van der Waals surface area contributed by atoms with Gasteiger partial charge in [-0.15, -0.1) is 0 Å². The van der Waals surface area contributed by atoms with Crippen LogP contribution in [0, 0.1) is 5.21 Å². The predicted octanol–water partition coefficient (Wildman–Crippen LogP) is 3.14. The molecule has 9 heteroatoms. The number of carbonyl (C=O) groups is 1.